The summed E-state index contributed by atoms with van der Waals surface area (Å²) in [6.45, 7) is 6.02. The molecule has 5 rings (SSSR count). The maximum absolute atomic E-state index is 13.7. The lowest BCUT2D eigenvalue weighted by Gasteiger charge is -2.37. The first-order valence-corrected chi connectivity index (χ1v) is 12.0. The molecule has 1 saturated heterocycles. The van der Waals surface area contributed by atoms with E-state index in [-0.39, 0.29) is 23.7 Å². The minimum absolute atomic E-state index is 0.0898. The lowest BCUT2D eigenvalue weighted by atomic mass is 9.95. The van der Waals surface area contributed by atoms with Crippen LogP contribution >= 0.6 is 0 Å². The fraction of sp³-hybridized carbons (Fsp3) is 0.333. The first-order chi connectivity index (χ1) is 17.0. The monoisotopic (exact) mass is 473 g/mol. The first-order valence-electron chi connectivity index (χ1n) is 12.0. The van der Waals surface area contributed by atoms with Gasteiger partial charge < -0.3 is 14.3 Å². The van der Waals surface area contributed by atoms with Crippen LogP contribution in [-0.2, 0) is 11.3 Å². The number of anilines is 1. The van der Waals surface area contributed by atoms with E-state index < -0.39 is 0 Å². The highest BCUT2D eigenvalue weighted by Crippen LogP contribution is 2.35. The van der Waals surface area contributed by atoms with Crippen LogP contribution in [0.4, 0.5) is 10.2 Å². The van der Waals surface area contributed by atoms with Gasteiger partial charge in [0, 0.05) is 31.2 Å². The Morgan fingerprint density at radius 3 is 2.66 bits per heavy atom. The molecule has 0 N–H and O–H groups in total. The smallest absolute Gasteiger partial charge is 0.263 e. The van der Waals surface area contributed by atoms with Crippen molar-refractivity contribution in [3.63, 3.8) is 0 Å². The van der Waals surface area contributed by atoms with Crippen molar-refractivity contribution >= 4 is 22.8 Å². The molecule has 0 bridgehead atoms. The SMILES string of the molecule is CC(C)N(Cc1ccccc1)C(=O)[C@@H]1CCCN(c2ncnc3onc(-c4ccc(F)cc4)c23)C1. The van der Waals surface area contributed by atoms with E-state index in [2.05, 4.69) is 46.0 Å². The minimum Gasteiger partial charge on any atom is -0.355 e. The summed E-state index contributed by atoms with van der Waals surface area (Å²) < 4.78 is 19.0. The highest BCUT2D eigenvalue weighted by Gasteiger charge is 2.32. The largest absolute Gasteiger partial charge is 0.355 e. The number of nitrogens with zero attached hydrogens (tertiary/aromatic N) is 5. The Balaban J connectivity index is 1.42. The Hall–Kier alpha value is -3.81. The third-order valence-electron chi connectivity index (χ3n) is 6.54. The number of amides is 1. The minimum atomic E-state index is -0.319. The molecule has 35 heavy (non-hydrogen) atoms. The van der Waals surface area contributed by atoms with E-state index >= 15 is 0 Å². The third-order valence-corrected chi connectivity index (χ3v) is 6.54. The zero-order valence-corrected chi connectivity index (χ0v) is 19.9. The standard InChI is InChI=1S/C27H28FN5O2/c1-18(2)33(15-19-7-4-3-5-8-19)27(34)21-9-6-14-32(16-21)25-23-24(20-10-12-22(28)13-11-20)31-35-26(23)30-17-29-25/h3-5,7-8,10-13,17-18,21H,6,9,14-16H2,1-2H3/t21-/m1/s1. The van der Waals surface area contributed by atoms with Gasteiger partial charge in [0.05, 0.1) is 5.92 Å². The second-order valence-electron chi connectivity index (χ2n) is 9.25. The molecule has 1 aliphatic heterocycles. The van der Waals surface area contributed by atoms with Gasteiger partial charge >= 0.3 is 0 Å². The predicted octanol–water partition coefficient (Wildman–Crippen LogP) is 5.08. The summed E-state index contributed by atoms with van der Waals surface area (Å²) >= 11 is 0. The number of rotatable bonds is 6. The van der Waals surface area contributed by atoms with Gasteiger partial charge in [-0.05, 0) is 56.5 Å². The number of carbonyl (C=O) groups is 1. The maximum atomic E-state index is 13.7. The number of piperidine rings is 1. The predicted molar refractivity (Wildman–Crippen MR) is 132 cm³/mol. The molecule has 2 aromatic heterocycles. The van der Waals surface area contributed by atoms with Gasteiger partial charge in [0.25, 0.3) is 5.71 Å². The summed E-state index contributed by atoms with van der Waals surface area (Å²) in [5, 5.41) is 4.88. The zero-order valence-electron chi connectivity index (χ0n) is 19.9. The van der Waals surface area contributed by atoms with Crippen molar-refractivity contribution in [2.75, 3.05) is 18.0 Å². The Morgan fingerprint density at radius 1 is 1.14 bits per heavy atom. The summed E-state index contributed by atoms with van der Waals surface area (Å²) in [7, 11) is 0. The second kappa shape index (κ2) is 9.82. The van der Waals surface area contributed by atoms with E-state index in [1.165, 1.54) is 18.5 Å². The zero-order chi connectivity index (χ0) is 24.4. The lowest BCUT2D eigenvalue weighted by molar-refractivity contribution is -0.138. The van der Waals surface area contributed by atoms with Gasteiger partial charge in [0.1, 0.15) is 29.0 Å². The van der Waals surface area contributed by atoms with E-state index in [0.717, 1.165) is 30.5 Å². The molecule has 0 radical (unpaired) electrons. The van der Waals surface area contributed by atoms with Crippen LogP contribution in [0, 0.1) is 11.7 Å². The summed E-state index contributed by atoms with van der Waals surface area (Å²) in [5.41, 5.74) is 2.78. The fourth-order valence-electron chi connectivity index (χ4n) is 4.72. The summed E-state index contributed by atoms with van der Waals surface area (Å²) in [6, 6.07) is 16.3. The molecule has 0 aliphatic carbocycles. The van der Waals surface area contributed by atoms with Crippen molar-refractivity contribution in [3.05, 3.63) is 72.3 Å². The van der Waals surface area contributed by atoms with Crippen LogP contribution in [0.3, 0.4) is 0 Å². The molecule has 3 heterocycles. The highest BCUT2D eigenvalue weighted by atomic mass is 19.1. The Bertz CT molecular complexity index is 1310. The van der Waals surface area contributed by atoms with E-state index in [1.807, 2.05) is 23.1 Å². The topological polar surface area (TPSA) is 75.4 Å². The molecule has 2 aromatic carbocycles. The molecule has 8 heteroatoms. The molecule has 0 saturated carbocycles. The van der Waals surface area contributed by atoms with Crippen LogP contribution in [0.5, 0.6) is 0 Å². The molecule has 1 fully saturated rings. The van der Waals surface area contributed by atoms with Gasteiger partial charge in [-0.25, -0.2) is 9.37 Å². The number of hydrogen-bond acceptors (Lipinski definition) is 6. The van der Waals surface area contributed by atoms with Crippen LogP contribution < -0.4 is 4.90 Å². The van der Waals surface area contributed by atoms with Crippen LogP contribution in [0.1, 0.15) is 32.3 Å². The number of aromatic nitrogens is 3. The Labute approximate surface area is 203 Å². The van der Waals surface area contributed by atoms with Gasteiger partial charge in [-0.3, -0.25) is 4.79 Å². The van der Waals surface area contributed by atoms with E-state index in [0.29, 0.717) is 35.7 Å². The second-order valence-corrected chi connectivity index (χ2v) is 9.25. The molecule has 0 unspecified atom stereocenters. The molecule has 7 nitrogen and oxygen atoms in total. The van der Waals surface area contributed by atoms with E-state index in [1.54, 1.807) is 12.1 Å². The van der Waals surface area contributed by atoms with Crippen molar-refractivity contribution in [2.24, 2.45) is 5.92 Å². The van der Waals surface area contributed by atoms with Crippen LogP contribution in [-0.4, -0.2) is 45.1 Å². The molecule has 1 amide bonds. The number of hydrogen-bond donors (Lipinski definition) is 0. The number of benzene rings is 2. The Kier molecular flexibility index (Phi) is 6.44. The third kappa shape index (κ3) is 4.73. The lowest BCUT2D eigenvalue weighted by Crippen LogP contribution is -2.47. The molecule has 180 valence electrons. The normalized spacial score (nSPS) is 16.1. The van der Waals surface area contributed by atoms with Crippen molar-refractivity contribution < 1.29 is 13.7 Å². The molecular formula is C27H28FN5O2. The number of carbonyl (C=O) groups excluding carboxylic acids is 1. The average molecular weight is 474 g/mol. The highest BCUT2D eigenvalue weighted by molar-refractivity contribution is 5.98. The maximum Gasteiger partial charge on any atom is 0.263 e. The van der Waals surface area contributed by atoms with Crippen LogP contribution in [0.25, 0.3) is 22.4 Å². The van der Waals surface area contributed by atoms with E-state index in [9.17, 15) is 9.18 Å². The van der Waals surface area contributed by atoms with Gasteiger partial charge in [-0.15, -0.1) is 0 Å². The average Bonchev–Trinajstić information content (AvgIpc) is 3.32. The molecule has 1 aliphatic rings. The van der Waals surface area contributed by atoms with Gasteiger partial charge in [-0.2, -0.15) is 4.98 Å². The van der Waals surface area contributed by atoms with Gasteiger partial charge in [0.15, 0.2) is 0 Å². The number of fused-ring (bicyclic) bond motifs is 1. The summed E-state index contributed by atoms with van der Waals surface area (Å²) in [4.78, 5) is 26.5. The van der Waals surface area contributed by atoms with Gasteiger partial charge in [-0.1, -0.05) is 35.5 Å². The molecule has 4 aromatic rings. The van der Waals surface area contributed by atoms with Crippen molar-refractivity contribution in [2.45, 2.75) is 39.3 Å². The summed E-state index contributed by atoms with van der Waals surface area (Å²) in [6.07, 6.45) is 3.16. The van der Waals surface area contributed by atoms with E-state index in [4.69, 9.17) is 4.52 Å². The van der Waals surface area contributed by atoms with Crippen molar-refractivity contribution in [3.8, 4) is 11.3 Å². The van der Waals surface area contributed by atoms with Crippen molar-refractivity contribution in [1.82, 2.24) is 20.0 Å². The molecular weight excluding hydrogens is 445 g/mol. The van der Waals surface area contributed by atoms with Crippen LogP contribution in [0.2, 0.25) is 0 Å². The van der Waals surface area contributed by atoms with Gasteiger partial charge in [0.2, 0.25) is 5.91 Å². The quantitative estimate of drug-likeness (QED) is 0.389. The Morgan fingerprint density at radius 2 is 1.91 bits per heavy atom. The summed E-state index contributed by atoms with van der Waals surface area (Å²) in [5.74, 6) is 0.379. The fourth-order valence-corrected chi connectivity index (χ4v) is 4.72. The molecule has 1 atom stereocenters. The molecule has 0 spiro atoms. The van der Waals surface area contributed by atoms with Crippen LogP contribution in [0.15, 0.2) is 65.4 Å². The van der Waals surface area contributed by atoms with Crippen molar-refractivity contribution in [1.29, 1.82) is 0 Å². The number of halogens is 1. The first kappa shape index (κ1) is 23.0.